The van der Waals surface area contributed by atoms with Crippen molar-refractivity contribution in [2.75, 3.05) is 0 Å². The molecule has 144 valence electrons. The Balaban J connectivity index is 1.45. The molecular formula is C22H21ClN2O3. The standard InChI is InChI=1S/C22H21ClN2O3/c1-16-6-5-9-20(23)19(16)15-27-22-13-11-18(28-22)14-24-25-21(26)12-10-17-7-3-2-4-8-17/h2-9,11,13-14H,10,12,15H2,1H3,(H,25,26)/b24-14-. The number of nitrogens with one attached hydrogen (secondary N) is 1. The van der Waals surface area contributed by atoms with E-state index in [1.807, 2.05) is 55.5 Å². The maximum atomic E-state index is 11.8. The van der Waals surface area contributed by atoms with Gasteiger partial charge in [-0.25, -0.2) is 5.43 Å². The van der Waals surface area contributed by atoms with Crippen LogP contribution in [0.2, 0.25) is 5.02 Å². The van der Waals surface area contributed by atoms with Crippen molar-refractivity contribution in [3.8, 4) is 5.95 Å². The summed E-state index contributed by atoms with van der Waals surface area (Å²) in [5, 5.41) is 4.58. The van der Waals surface area contributed by atoms with Gasteiger partial charge in [0.15, 0.2) is 5.76 Å². The number of ether oxygens (including phenoxy) is 1. The molecule has 6 heteroatoms. The highest BCUT2D eigenvalue weighted by Crippen LogP contribution is 2.22. The third kappa shape index (κ3) is 5.72. The Bertz CT molecular complexity index is 931. The first kappa shape index (κ1) is 19.7. The van der Waals surface area contributed by atoms with Gasteiger partial charge in [0.25, 0.3) is 5.95 Å². The van der Waals surface area contributed by atoms with Crippen molar-refractivity contribution in [3.05, 3.63) is 88.1 Å². The molecular weight excluding hydrogens is 376 g/mol. The van der Waals surface area contributed by atoms with Crippen molar-refractivity contribution in [1.82, 2.24) is 5.43 Å². The van der Waals surface area contributed by atoms with Gasteiger partial charge in [0, 0.05) is 23.1 Å². The van der Waals surface area contributed by atoms with E-state index in [9.17, 15) is 4.79 Å². The van der Waals surface area contributed by atoms with Crippen molar-refractivity contribution in [2.24, 2.45) is 5.10 Å². The summed E-state index contributed by atoms with van der Waals surface area (Å²) in [5.41, 5.74) is 5.58. The van der Waals surface area contributed by atoms with Gasteiger partial charge in [-0.15, -0.1) is 0 Å². The normalized spacial score (nSPS) is 10.9. The summed E-state index contributed by atoms with van der Waals surface area (Å²) in [7, 11) is 0. The van der Waals surface area contributed by atoms with Gasteiger partial charge >= 0.3 is 0 Å². The predicted molar refractivity (Wildman–Crippen MR) is 110 cm³/mol. The largest absolute Gasteiger partial charge is 0.460 e. The van der Waals surface area contributed by atoms with Crippen molar-refractivity contribution in [3.63, 3.8) is 0 Å². The number of halogens is 1. The van der Waals surface area contributed by atoms with Crippen molar-refractivity contribution in [2.45, 2.75) is 26.4 Å². The number of hydrogen-bond acceptors (Lipinski definition) is 4. The van der Waals surface area contributed by atoms with Gasteiger partial charge in [-0.2, -0.15) is 5.10 Å². The van der Waals surface area contributed by atoms with E-state index >= 15 is 0 Å². The highest BCUT2D eigenvalue weighted by molar-refractivity contribution is 6.31. The molecule has 1 amide bonds. The summed E-state index contributed by atoms with van der Waals surface area (Å²) in [5.74, 6) is 0.683. The Kier molecular flexibility index (Phi) is 6.87. The van der Waals surface area contributed by atoms with Crippen LogP contribution in [0.3, 0.4) is 0 Å². The highest BCUT2D eigenvalue weighted by atomic mass is 35.5. The third-order valence-electron chi connectivity index (χ3n) is 4.18. The van der Waals surface area contributed by atoms with Crippen LogP contribution in [-0.2, 0) is 17.8 Å². The van der Waals surface area contributed by atoms with E-state index in [0.717, 1.165) is 16.7 Å². The SMILES string of the molecule is Cc1cccc(Cl)c1COc1ccc(/C=N\NC(=O)CCc2ccccc2)o1. The van der Waals surface area contributed by atoms with Crippen LogP contribution in [0.25, 0.3) is 0 Å². The fraction of sp³-hybridized carbons (Fsp3) is 0.182. The summed E-state index contributed by atoms with van der Waals surface area (Å²) in [6.45, 7) is 2.29. The van der Waals surface area contributed by atoms with E-state index in [-0.39, 0.29) is 5.91 Å². The second kappa shape index (κ2) is 9.76. The van der Waals surface area contributed by atoms with Crippen LogP contribution in [0.1, 0.15) is 28.9 Å². The molecule has 5 nitrogen and oxygen atoms in total. The molecule has 1 heterocycles. The molecule has 0 unspecified atom stereocenters. The van der Waals surface area contributed by atoms with Crippen molar-refractivity contribution >= 4 is 23.7 Å². The molecule has 0 aliphatic heterocycles. The minimum atomic E-state index is -0.155. The maximum absolute atomic E-state index is 11.8. The van der Waals surface area contributed by atoms with E-state index in [4.69, 9.17) is 20.8 Å². The lowest BCUT2D eigenvalue weighted by atomic mass is 10.1. The van der Waals surface area contributed by atoms with Gasteiger partial charge in [0.1, 0.15) is 6.61 Å². The first-order valence-electron chi connectivity index (χ1n) is 8.94. The topological polar surface area (TPSA) is 63.8 Å². The third-order valence-corrected chi connectivity index (χ3v) is 4.53. The fourth-order valence-corrected chi connectivity index (χ4v) is 2.88. The Hall–Kier alpha value is -3.05. The Morgan fingerprint density at radius 2 is 1.96 bits per heavy atom. The highest BCUT2D eigenvalue weighted by Gasteiger charge is 2.07. The monoisotopic (exact) mass is 396 g/mol. The van der Waals surface area contributed by atoms with Gasteiger partial charge in [-0.3, -0.25) is 4.79 Å². The molecule has 0 radical (unpaired) electrons. The number of carbonyl (C=O) groups excluding carboxylic acids is 1. The zero-order chi connectivity index (χ0) is 19.8. The fourth-order valence-electron chi connectivity index (χ4n) is 2.60. The molecule has 2 aromatic carbocycles. The van der Waals surface area contributed by atoms with E-state index < -0.39 is 0 Å². The number of furan rings is 1. The molecule has 0 saturated heterocycles. The number of hydrogen-bond donors (Lipinski definition) is 1. The number of rotatable bonds is 8. The summed E-state index contributed by atoms with van der Waals surface area (Å²) in [6, 6.07) is 19.0. The number of amides is 1. The van der Waals surface area contributed by atoms with Gasteiger partial charge < -0.3 is 9.15 Å². The second-order valence-corrected chi connectivity index (χ2v) is 6.67. The molecule has 0 atom stereocenters. The minimum Gasteiger partial charge on any atom is -0.460 e. The van der Waals surface area contributed by atoms with Crippen LogP contribution in [0.5, 0.6) is 5.95 Å². The van der Waals surface area contributed by atoms with Gasteiger partial charge in [0.2, 0.25) is 5.91 Å². The summed E-state index contributed by atoms with van der Waals surface area (Å²) < 4.78 is 11.2. The Morgan fingerprint density at radius 3 is 2.75 bits per heavy atom. The Labute approximate surface area is 169 Å². The first-order chi connectivity index (χ1) is 13.6. The van der Waals surface area contributed by atoms with E-state index in [1.54, 1.807) is 12.1 Å². The molecule has 28 heavy (non-hydrogen) atoms. The smallest absolute Gasteiger partial charge is 0.285 e. The molecule has 0 aliphatic rings. The maximum Gasteiger partial charge on any atom is 0.285 e. The molecule has 0 aliphatic carbocycles. The minimum absolute atomic E-state index is 0.155. The van der Waals surface area contributed by atoms with Crippen LogP contribution < -0.4 is 10.2 Å². The quantitative estimate of drug-likeness (QED) is 0.435. The average Bonchev–Trinajstić information content (AvgIpc) is 3.14. The zero-order valence-electron chi connectivity index (χ0n) is 15.5. The molecule has 1 aromatic heterocycles. The van der Waals surface area contributed by atoms with Crippen LogP contribution in [-0.4, -0.2) is 12.1 Å². The zero-order valence-corrected chi connectivity index (χ0v) is 16.3. The van der Waals surface area contributed by atoms with Gasteiger partial charge in [-0.05, 0) is 36.6 Å². The second-order valence-electron chi connectivity index (χ2n) is 6.26. The molecule has 0 spiro atoms. The summed E-state index contributed by atoms with van der Waals surface area (Å²) in [6.07, 6.45) is 2.47. The van der Waals surface area contributed by atoms with E-state index in [2.05, 4.69) is 10.5 Å². The van der Waals surface area contributed by atoms with Crippen LogP contribution >= 0.6 is 11.6 Å². The number of carbonyl (C=O) groups is 1. The number of benzene rings is 2. The van der Waals surface area contributed by atoms with Crippen LogP contribution in [0.15, 0.2) is 70.2 Å². The summed E-state index contributed by atoms with van der Waals surface area (Å²) in [4.78, 5) is 11.8. The predicted octanol–water partition coefficient (Wildman–Crippen LogP) is 4.90. The number of nitrogens with zero attached hydrogens (tertiary/aromatic N) is 1. The lowest BCUT2D eigenvalue weighted by Crippen LogP contribution is -2.17. The first-order valence-corrected chi connectivity index (χ1v) is 9.32. The lowest BCUT2D eigenvalue weighted by molar-refractivity contribution is -0.121. The lowest BCUT2D eigenvalue weighted by Gasteiger charge is -2.08. The molecule has 0 bridgehead atoms. The molecule has 3 rings (SSSR count). The van der Waals surface area contributed by atoms with Gasteiger partial charge in [0.05, 0.1) is 6.21 Å². The van der Waals surface area contributed by atoms with E-state index in [0.29, 0.717) is 36.2 Å². The number of hydrazone groups is 1. The van der Waals surface area contributed by atoms with Crippen molar-refractivity contribution in [1.29, 1.82) is 0 Å². The van der Waals surface area contributed by atoms with E-state index in [1.165, 1.54) is 6.21 Å². The summed E-state index contributed by atoms with van der Waals surface area (Å²) >= 11 is 6.19. The van der Waals surface area contributed by atoms with Crippen molar-refractivity contribution < 1.29 is 13.9 Å². The molecule has 0 saturated carbocycles. The number of aryl methyl sites for hydroxylation is 2. The molecule has 0 fully saturated rings. The molecule has 1 N–H and O–H groups in total. The van der Waals surface area contributed by atoms with Crippen LogP contribution in [0, 0.1) is 6.92 Å². The molecule has 3 aromatic rings. The average molecular weight is 397 g/mol. The van der Waals surface area contributed by atoms with Crippen LogP contribution in [0.4, 0.5) is 0 Å². The van der Waals surface area contributed by atoms with Gasteiger partial charge in [-0.1, -0.05) is 54.1 Å². The Morgan fingerprint density at radius 1 is 1.14 bits per heavy atom.